The minimum atomic E-state index is -0.459. The van der Waals surface area contributed by atoms with Gasteiger partial charge >= 0.3 is 6.09 Å². The van der Waals surface area contributed by atoms with Crippen LogP contribution in [0.1, 0.15) is 41.0 Å². The lowest BCUT2D eigenvalue weighted by Gasteiger charge is -2.24. The molecule has 0 aromatic heterocycles. The number of thioether (sulfide) groups is 1. The fourth-order valence-electron chi connectivity index (χ4n) is 1.93. The van der Waals surface area contributed by atoms with Crippen LogP contribution in [0.25, 0.3) is 0 Å². The molecule has 1 unspecified atom stereocenters. The largest absolute Gasteiger partial charge is 0.444 e. The first-order chi connectivity index (χ1) is 9.76. The molecule has 0 aliphatic rings. The van der Waals surface area contributed by atoms with Crippen molar-refractivity contribution in [3.05, 3.63) is 30.3 Å². The molecule has 4 heteroatoms. The molecule has 21 heavy (non-hydrogen) atoms. The van der Waals surface area contributed by atoms with Gasteiger partial charge in [0.05, 0.1) is 0 Å². The number of carbonyl (C=O) groups is 1. The summed E-state index contributed by atoms with van der Waals surface area (Å²) in [7, 11) is 0. The van der Waals surface area contributed by atoms with E-state index in [1.807, 2.05) is 39.0 Å². The molecule has 0 fully saturated rings. The van der Waals surface area contributed by atoms with E-state index in [1.165, 1.54) is 4.90 Å². The zero-order valence-corrected chi connectivity index (χ0v) is 14.5. The van der Waals surface area contributed by atoms with Crippen LogP contribution in [0, 0.1) is 5.92 Å². The molecule has 0 saturated heterocycles. The van der Waals surface area contributed by atoms with Crippen molar-refractivity contribution in [3.8, 4) is 0 Å². The molecule has 0 aliphatic heterocycles. The fourth-order valence-corrected chi connectivity index (χ4v) is 2.89. The first-order valence-electron chi connectivity index (χ1n) is 7.43. The smallest absolute Gasteiger partial charge is 0.407 e. The van der Waals surface area contributed by atoms with E-state index in [2.05, 4.69) is 31.3 Å². The quantitative estimate of drug-likeness (QED) is 0.773. The maximum atomic E-state index is 11.9. The summed E-state index contributed by atoms with van der Waals surface area (Å²) < 4.78 is 5.34. The zero-order valence-electron chi connectivity index (χ0n) is 13.7. The summed E-state index contributed by atoms with van der Waals surface area (Å²) in [4.78, 5) is 13.1. The molecule has 0 spiro atoms. The van der Waals surface area contributed by atoms with Crippen molar-refractivity contribution in [1.29, 1.82) is 0 Å². The van der Waals surface area contributed by atoms with Crippen molar-refractivity contribution in [2.24, 2.45) is 5.92 Å². The Morgan fingerprint density at radius 1 is 1.24 bits per heavy atom. The summed E-state index contributed by atoms with van der Waals surface area (Å²) in [5.41, 5.74) is -0.459. The SMILES string of the molecule is CC(C)CC(CSc1ccccc1)NC(=O)OC(C)(C)C. The van der Waals surface area contributed by atoms with Gasteiger partial charge < -0.3 is 10.1 Å². The Morgan fingerprint density at radius 2 is 1.86 bits per heavy atom. The van der Waals surface area contributed by atoms with Gasteiger partial charge in [-0.15, -0.1) is 11.8 Å². The molecule has 118 valence electrons. The van der Waals surface area contributed by atoms with Gasteiger partial charge in [0.2, 0.25) is 0 Å². The standard InChI is InChI=1S/C17H27NO2S/c1-13(2)11-14(18-16(19)20-17(3,4)5)12-21-15-9-7-6-8-10-15/h6-10,13-14H,11-12H2,1-5H3,(H,18,19). The minimum Gasteiger partial charge on any atom is -0.444 e. The third kappa shape index (κ3) is 8.66. The fraction of sp³-hybridized carbons (Fsp3) is 0.588. The van der Waals surface area contributed by atoms with Gasteiger partial charge in [-0.1, -0.05) is 32.0 Å². The Balaban J connectivity index is 2.53. The van der Waals surface area contributed by atoms with E-state index >= 15 is 0 Å². The van der Waals surface area contributed by atoms with Crippen LogP contribution in [0.2, 0.25) is 0 Å². The maximum Gasteiger partial charge on any atom is 0.407 e. The van der Waals surface area contributed by atoms with Crippen LogP contribution in [-0.4, -0.2) is 23.5 Å². The number of carbonyl (C=O) groups excluding carboxylic acids is 1. The number of hydrogen-bond donors (Lipinski definition) is 1. The number of benzene rings is 1. The molecular formula is C17H27NO2S. The Labute approximate surface area is 132 Å². The van der Waals surface area contributed by atoms with Gasteiger partial charge in [0.15, 0.2) is 0 Å². The molecule has 0 heterocycles. The molecule has 1 aromatic carbocycles. The van der Waals surface area contributed by atoms with Gasteiger partial charge in [0.25, 0.3) is 0 Å². The molecule has 1 aromatic rings. The lowest BCUT2D eigenvalue weighted by molar-refractivity contribution is 0.0505. The van der Waals surface area contributed by atoms with Crippen molar-refractivity contribution in [1.82, 2.24) is 5.32 Å². The molecule has 0 aliphatic carbocycles. The van der Waals surface area contributed by atoms with Crippen molar-refractivity contribution in [2.75, 3.05) is 5.75 Å². The predicted molar refractivity (Wildman–Crippen MR) is 89.8 cm³/mol. The summed E-state index contributed by atoms with van der Waals surface area (Å²) in [5, 5.41) is 2.99. The third-order valence-electron chi connectivity index (χ3n) is 2.67. The van der Waals surface area contributed by atoms with Crippen LogP contribution in [0.5, 0.6) is 0 Å². The van der Waals surface area contributed by atoms with Crippen LogP contribution >= 0.6 is 11.8 Å². The van der Waals surface area contributed by atoms with Crippen LogP contribution in [0.4, 0.5) is 4.79 Å². The summed E-state index contributed by atoms with van der Waals surface area (Å²) >= 11 is 1.76. The van der Waals surface area contributed by atoms with E-state index < -0.39 is 5.60 Å². The van der Waals surface area contributed by atoms with Gasteiger partial charge in [-0.05, 0) is 45.2 Å². The van der Waals surface area contributed by atoms with Gasteiger partial charge in [-0.3, -0.25) is 0 Å². The number of alkyl carbamates (subject to hydrolysis) is 1. The molecule has 1 rings (SSSR count). The number of ether oxygens (including phenoxy) is 1. The summed E-state index contributed by atoms with van der Waals surface area (Å²) in [6, 6.07) is 10.4. The molecule has 1 N–H and O–H groups in total. The topological polar surface area (TPSA) is 38.3 Å². The summed E-state index contributed by atoms with van der Waals surface area (Å²) in [5.74, 6) is 1.38. The summed E-state index contributed by atoms with van der Waals surface area (Å²) in [6.45, 7) is 9.96. The highest BCUT2D eigenvalue weighted by Gasteiger charge is 2.20. The number of hydrogen-bond acceptors (Lipinski definition) is 3. The van der Waals surface area contributed by atoms with E-state index in [1.54, 1.807) is 11.8 Å². The average molecular weight is 309 g/mol. The molecule has 1 atom stereocenters. The van der Waals surface area contributed by atoms with Gasteiger partial charge in [-0.25, -0.2) is 4.79 Å². The Kier molecular flexibility index (Phi) is 7.09. The molecule has 0 radical (unpaired) electrons. The monoisotopic (exact) mass is 309 g/mol. The number of rotatable bonds is 6. The van der Waals surface area contributed by atoms with E-state index in [0.717, 1.165) is 12.2 Å². The van der Waals surface area contributed by atoms with Gasteiger partial charge in [0.1, 0.15) is 5.60 Å². The highest BCUT2D eigenvalue weighted by atomic mass is 32.2. The second-order valence-electron chi connectivity index (χ2n) is 6.60. The Bertz CT molecular complexity index is 426. The Morgan fingerprint density at radius 3 is 2.38 bits per heavy atom. The predicted octanol–water partition coefficient (Wildman–Crippen LogP) is 4.72. The first-order valence-corrected chi connectivity index (χ1v) is 8.42. The molecule has 1 amide bonds. The molecule has 0 saturated carbocycles. The van der Waals surface area contributed by atoms with E-state index in [-0.39, 0.29) is 12.1 Å². The van der Waals surface area contributed by atoms with E-state index in [4.69, 9.17) is 4.74 Å². The second-order valence-corrected chi connectivity index (χ2v) is 7.69. The molecule has 0 bridgehead atoms. The first kappa shape index (κ1) is 17.9. The lowest BCUT2D eigenvalue weighted by Crippen LogP contribution is -2.41. The van der Waals surface area contributed by atoms with E-state index in [0.29, 0.717) is 5.92 Å². The normalized spacial score (nSPS) is 13.0. The maximum absolute atomic E-state index is 11.9. The number of amides is 1. The second kappa shape index (κ2) is 8.32. The summed E-state index contributed by atoms with van der Waals surface area (Å²) in [6.07, 6.45) is 0.612. The highest BCUT2D eigenvalue weighted by Crippen LogP contribution is 2.20. The Hall–Kier alpha value is -1.16. The van der Waals surface area contributed by atoms with Crippen LogP contribution in [0.3, 0.4) is 0 Å². The number of nitrogens with one attached hydrogen (secondary N) is 1. The van der Waals surface area contributed by atoms with Crippen molar-refractivity contribution in [3.63, 3.8) is 0 Å². The van der Waals surface area contributed by atoms with E-state index in [9.17, 15) is 4.79 Å². The minimum absolute atomic E-state index is 0.116. The zero-order chi connectivity index (χ0) is 15.9. The highest BCUT2D eigenvalue weighted by molar-refractivity contribution is 7.99. The van der Waals surface area contributed by atoms with Gasteiger partial charge in [0, 0.05) is 16.7 Å². The third-order valence-corrected chi connectivity index (χ3v) is 3.85. The average Bonchev–Trinajstić information content (AvgIpc) is 2.34. The van der Waals surface area contributed by atoms with Crippen molar-refractivity contribution in [2.45, 2.75) is 57.6 Å². The molecular weight excluding hydrogens is 282 g/mol. The van der Waals surface area contributed by atoms with Crippen molar-refractivity contribution >= 4 is 17.9 Å². The van der Waals surface area contributed by atoms with Crippen LogP contribution < -0.4 is 5.32 Å². The lowest BCUT2D eigenvalue weighted by atomic mass is 10.1. The van der Waals surface area contributed by atoms with Crippen LogP contribution in [0.15, 0.2) is 35.2 Å². The van der Waals surface area contributed by atoms with Crippen molar-refractivity contribution < 1.29 is 9.53 Å². The van der Waals surface area contributed by atoms with Crippen LogP contribution in [-0.2, 0) is 4.74 Å². The molecule has 3 nitrogen and oxygen atoms in total. The van der Waals surface area contributed by atoms with Gasteiger partial charge in [-0.2, -0.15) is 0 Å².